The third-order valence-corrected chi connectivity index (χ3v) is 19.2. The molecule has 3 N–H and O–H groups in total. The van der Waals surface area contributed by atoms with Crippen molar-refractivity contribution >= 4 is 39.5 Å². The van der Waals surface area contributed by atoms with Crippen molar-refractivity contribution in [3.8, 4) is 0 Å². The van der Waals surface area contributed by atoms with Crippen LogP contribution in [0.3, 0.4) is 0 Å². The Morgan fingerprint density at radius 1 is 0.308 bits per heavy atom. The Balaban J connectivity index is 5.18. The van der Waals surface area contributed by atoms with Crippen LogP contribution in [0.5, 0.6) is 0 Å². The van der Waals surface area contributed by atoms with Crippen molar-refractivity contribution in [1.82, 2.24) is 0 Å². The summed E-state index contributed by atoms with van der Waals surface area (Å²) in [6.45, 7) is 14.1. The fourth-order valence-electron chi connectivity index (χ4n) is 10.8. The molecular weight excluding hydrogens is 1200 g/mol. The van der Waals surface area contributed by atoms with Crippen LogP contribution in [0.4, 0.5) is 0 Å². The van der Waals surface area contributed by atoms with Crippen molar-refractivity contribution < 1.29 is 80.2 Å². The SMILES string of the molecule is CCC(C)CCCCCCCCCCC(=O)O[C@H](COC(=O)CCCCCCCCCC(C)C)COP(=O)(O)OCC(O)COP(=O)(O)OC[C@@H](COC(=O)CCCCCCCCCCCCCCCCCCC(C)C)OC(=O)CCCCCCCCC(C)CC. The van der Waals surface area contributed by atoms with Crippen LogP contribution in [0, 0.1) is 23.7 Å². The normalized spacial score (nSPS) is 14.8. The summed E-state index contributed by atoms with van der Waals surface area (Å²) in [7, 11) is -9.90. The number of aliphatic hydroxyl groups is 1. The number of esters is 4. The van der Waals surface area contributed by atoms with E-state index in [1.807, 2.05) is 0 Å². The Morgan fingerprint density at radius 2 is 0.527 bits per heavy atom. The highest BCUT2D eigenvalue weighted by atomic mass is 31.2. The monoisotopic (exact) mass is 1340 g/mol. The van der Waals surface area contributed by atoms with Gasteiger partial charge in [0.05, 0.1) is 26.4 Å². The van der Waals surface area contributed by atoms with Gasteiger partial charge in [-0.05, 0) is 49.4 Å². The molecular formula is C72H140O17P2. The van der Waals surface area contributed by atoms with E-state index in [1.165, 1.54) is 154 Å². The smallest absolute Gasteiger partial charge is 0.462 e. The minimum atomic E-state index is -4.95. The highest BCUT2D eigenvalue weighted by molar-refractivity contribution is 7.47. The molecule has 540 valence electrons. The number of aliphatic hydroxyl groups excluding tert-OH is 1. The number of hydrogen-bond acceptors (Lipinski definition) is 15. The summed E-state index contributed by atoms with van der Waals surface area (Å²) in [5.41, 5.74) is 0. The molecule has 0 radical (unpaired) electrons. The lowest BCUT2D eigenvalue weighted by atomic mass is 9.99. The van der Waals surface area contributed by atoms with Crippen LogP contribution in [-0.2, 0) is 65.4 Å². The molecule has 0 spiro atoms. The number of hydrogen-bond donors (Lipinski definition) is 3. The summed E-state index contributed by atoms with van der Waals surface area (Å²) < 4.78 is 68.3. The second-order valence-electron chi connectivity index (χ2n) is 27.4. The van der Waals surface area contributed by atoms with Crippen LogP contribution in [0.25, 0.3) is 0 Å². The number of phosphoric ester groups is 2. The minimum Gasteiger partial charge on any atom is -0.462 e. The van der Waals surface area contributed by atoms with Gasteiger partial charge in [-0.15, -0.1) is 0 Å². The van der Waals surface area contributed by atoms with Crippen molar-refractivity contribution in [2.24, 2.45) is 23.7 Å². The van der Waals surface area contributed by atoms with Gasteiger partial charge in [0.2, 0.25) is 0 Å². The Kier molecular flexibility index (Phi) is 60.3. The van der Waals surface area contributed by atoms with E-state index in [2.05, 4.69) is 55.4 Å². The largest absolute Gasteiger partial charge is 0.472 e. The molecule has 7 atom stereocenters. The first-order chi connectivity index (χ1) is 43.7. The lowest BCUT2D eigenvalue weighted by Crippen LogP contribution is -2.30. The van der Waals surface area contributed by atoms with Gasteiger partial charge in [-0.3, -0.25) is 37.3 Å². The summed E-state index contributed by atoms with van der Waals surface area (Å²) in [6.07, 6.45) is 44.6. The van der Waals surface area contributed by atoms with Gasteiger partial charge in [0.15, 0.2) is 12.2 Å². The standard InChI is InChI=1S/C72H140O17P2/c1-9-64(7)50-42-34-26-21-22-28-38-46-54-71(76)88-67(58-83-70(75)53-45-37-29-23-25-33-41-49-63(5)6)60-86-90(78,79)84-56-66(73)57-85-91(80,81)87-61-68(89-72(77)55-47-39-31-30-35-43-51-65(8)10-2)59-82-69(74)52-44-36-27-20-18-16-14-12-11-13-15-17-19-24-32-40-48-62(3)4/h62-68,73H,9-61H2,1-8H3,(H,78,79)(H,80,81)/t64?,65?,66?,67-,68-/m1/s1. The second-order valence-corrected chi connectivity index (χ2v) is 30.3. The Morgan fingerprint density at radius 3 is 0.780 bits per heavy atom. The third kappa shape index (κ3) is 63.9. The minimum absolute atomic E-state index is 0.103. The molecule has 0 rings (SSSR count). The lowest BCUT2D eigenvalue weighted by Gasteiger charge is -2.21. The number of ether oxygens (including phenoxy) is 4. The van der Waals surface area contributed by atoms with Gasteiger partial charge in [0.25, 0.3) is 0 Å². The number of carbonyl (C=O) groups is 4. The van der Waals surface area contributed by atoms with Crippen molar-refractivity contribution in [3.05, 3.63) is 0 Å². The van der Waals surface area contributed by atoms with E-state index < -0.39 is 97.5 Å². The van der Waals surface area contributed by atoms with Crippen LogP contribution in [0.15, 0.2) is 0 Å². The number of rotatable bonds is 69. The molecule has 5 unspecified atom stereocenters. The summed E-state index contributed by atoms with van der Waals surface area (Å²) in [4.78, 5) is 72.6. The zero-order valence-electron chi connectivity index (χ0n) is 59.5. The van der Waals surface area contributed by atoms with E-state index in [1.54, 1.807) is 0 Å². The summed E-state index contributed by atoms with van der Waals surface area (Å²) in [5, 5.41) is 10.6. The van der Waals surface area contributed by atoms with E-state index in [-0.39, 0.29) is 25.7 Å². The lowest BCUT2D eigenvalue weighted by molar-refractivity contribution is -0.161. The van der Waals surface area contributed by atoms with Gasteiger partial charge in [-0.2, -0.15) is 0 Å². The van der Waals surface area contributed by atoms with Crippen molar-refractivity contribution in [3.63, 3.8) is 0 Å². The van der Waals surface area contributed by atoms with Gasteiger partial charge >= 0.3 is 39.5 Å². The van der Waals surface area contributed by atoms with E-state index in [4.69, 9.17) is 37.0 Å². The summed E-state index contributed by atoms with van der Waals surface area (Å²) in [5.74, 6) is 0.875. The van der Waals surface area contributed by atoms with Crippen LogP contribution in [0.2, 0.25) is 0 Å². The highest BCUT2D eigenvalue weighted by Gasteiger charge is 2.30. The van der Waals surface area contributed by atoms with E-state index in [9.17, 15) is 43.2 Å². The zero-order valence-corrected chi connectivity index (χ0v) is 61.3. The van der Waals surface area contributed by atoms with Crippen LogP contribution < -0.4 is 0 Å². The maximum absolute atomic E-state index is 13.0. The first kappa shape index (κ1) is 89.1. The average Bonchev–Trinajstić information content (AvgIpc) is 3.54. The fourth-order valence-corrected chi connectivity index (χ4v) is 12.4. The highest BCUT2D eigenvalue weighted by Crippen LogP contribution is 2.45. The predicted octanol–water partition coefficient (Wildman–Crippen LogP) is 20.5. The summed E-state index contributed by atoms with van der Waals surface area (Å²) in [6, 6.07) is 0. The third-order valence-electron chi connectivity index (χ3n) is 17.3. The van der Waals surface area contributed by atoms with Crippen LogP contribution >= 0.6 is 15.6 Å². The van der Waals surface area contributed by atoms with Crippen molar-refractivity contribution in [1.29, 1.82) is 0 Å². The van der Waals surface area contributed by atoms with Gasteiger partial charge in [-0.1, -0.05) is 306 Å². The quantitative estimate of drug-likeness (QED) is 0.0222. The average molecular weight is 1340 g/mol. The Labute approximate surface area is 556 Å². The molecule has 0 aromatic carbocycles. The van der Waals surface area contributed by atoms with Crippen LogP contribution in [-0.4, -0.2) is 96.7 Å². The molecule has 0 aliphatic carbocycles. The summed E-state index contributed by atoms with van der Waals surface area (Å²) >= 11 is 0. The number of phosphoric acid groups is 2. The number of unbranched alkanes of at least 4 members (excludes halogenated alkanes) is 33. The molecule has 91 heavy (non-hydrogen) atoms. The molecule has 0 amide bonds. The maximum atomic E-state index is 13.0. The van der Waals surface area contributed by atoms with E-state index in [0.717, 1.165) is 114 Å². The van der Waals surface area contributed by atoms with Crippen molar-refractivity contribution in [2.75, 3.05) is 39.6 Å². The molecule has 0 aromatic rings. The molecule has 0 aromatic heterocycles. The zero-order chi connectivity index (χ0) is 67.5. The first-order valence-corrected chi connectivity index (χ1v) is 40.3. The molecule has 0 saturated heterocycles. The Hall–Kier alpha value is -1.94. The van der Waals surface area contributed by atoms with E-state index in [0.29, 0.717) is 31.6 Å². The number of carbonyl (C=O) groups excluding carboxylic acids is 4. The van der Waals surface area contributed by atoms with Crippen molar-refractivity contribution in [2.45, 2.75) is 375 Å². The molecule has 0 aliphatic heterocycles. The van der Waals surface area contributed by atoms with Gasteiger partial charge in [-0.25, -0.2) is 9.13 Å². The fraction of sp³-hybridized carbons (Fsp3) is 0.944. The molecule has 17 nitrogen and oxygen atoms in total. The van der Waals surface area contributed by atoms with Gasteiger partial charge in [0, 0.05) is 25.7 Å². The Bertz CT molecular complexity index is 1800. The van der Waals surface area contributed by atoms with Gasteiger partial charge in [0.1, 0.15) is 19.3 Å². The molecule has 0 fully saturated rings. The predicted molar refractivity (Wildman–Crippen MR) is 367 cm³/mol. The topological polar surface area (TPSA) is 237 Å². The van der Waals surface area contributed by atoms with Crippen LogP contribution in [0.1, 0.15) is 357 Å². The first-order valence-electron chi connectivity index (χ1n) is 37.3. The molecule has 0 bridgehead atoms. The molecule has 19 heteroatoms. The second kappa shape index (κ2) is 61.6. The molecule has 0 heterocycles. The molecule has 0 saturated carbocycles. The van der Waals surface area contributed by atoms with Gasteiger partial charge < -0.3 is 33.8 Å². The molecule has 0 aliphatic rings. The maximum Gasteiger partial charge on any atom is 0.472 e. The van der Waals surface area contributed by atoms with E-state index >= 15 is 0 Å².